The zero-order valence-corrected chi connectivity index (χ0v) is 6.36. The van der Waals surface area contributed by atoms with Gasteiger partial charge in [0.2, 0.25) is 0 Å². The standard InChI is InChI=1S/C6H9.Cu.Li/c1-3-5-6-4-2;;/h3,5-6H2,1H3;;. The summed E-state index contributed by atoms with van der Waals surface area (Å²) in [6.45, 7) is 2.18. The predicted molar refractivity (Wildman–Crippen MR) is 33.1 cm³/mol. The molecule has 45 valence electrons. The third-order valence-corrected chi connectivity index (χ3v) is 0.832. The molecule has 0 spiro atoms. The van der Waals surface area contributed by atoms with Crippen LogP contribution in [-0.2, 0) is 17.1 Å². The van der Waals surface area contributed by atoms with Crippen molar-refractivity contribution in [3.8, 4) is 10.5 Å². The van der Waals surface area contributed by atoms with E-state index in [0.717, 1.165) is 6.42 Å². The van der Waals surface area contributed by atoms with Crippen molar-refractivity contribution in [3.05, 3.63) is 0 Å². The first kappa shape index (κ1) is 11.5. The molecule has 0 saturated carbocycles. The van der Waals surface area contributed by atoms with E-state index in [1.165, 1.54) is 12.8 Å². The fourth-order valence-electron chi connectivity index (χ4n) is 0.390. The Morgan fingerprint density at radius 3 is 2.50 bits per heavy atom. The molecule has 0 N–H and O–H groups in total. The molecule has 0 saturated heterocycles. The van der Waals surface area contributed by atoms with E-state index in [2.05, 4.69) is 17.4 Å². The molecule has 0 aromatic heterocycles. The van der Waals surface area contributed by atoms with E-state index >= 15 is 0 Å². The van der Waals surface area contributed by atoms with Crippen LogP contribution in [0, 0.1) is 10.5 Å². The summed E-state index contributed by atoms with van der Waals surface area (Å²) in [5.41, 5.74) is 0. The second-order valence-corrected chi connectivity index (χ2v) is 1.53. The Bertz CT molecular complexity index is 80.3. The first-order valence-electron chi connectivity index (χ1n) is 2.81. The molecular formula is C6H9CuLi. The Hall–Kier alpha value is 0.677. The van der Waals surface area contributed by atoms with Gasteiger partial charge in [-0.25, -0.2) is 0 Å². The van der Waals surface area contributed by atoms with Gasteiger partial charge in [-0.1, -0.05) is 0 Å². The van der Waals surface area contributed by atoms with Gasteiger partial charge in [-0.15, -0.1) is 0 Å². The summed E-state index contributed by atoms with van der Waals surface area (Å²) in [6, 6.07) is 0. The van der Waals surface area contributed by atoms with Gasteiger partial charge in [-0.05, 0) is 0 Å². The molecule has 0 bridgehead atoms. The molecular weight excluding hydrogens is 143 g/mol. The third-order valence-electron chi connectivity index (χ3n) is 0.832. The Morgan fingerprint density at radius 2 is 2.12 bits per heavy atom. The molecule has 0 heterocycles. The second-order valence-electron chi connectivity index (χ2n) is 1.53. The summed E-state index contributed by atoms with van der Waals surface area (Å²) in [6.07, 6.45) is 3.59. The molecule has 0 aromatic carbocycles. The van der Waals surface area contributed by atoms with E-state index in [1.54, 1.807) is 0 Å². The van der Waals surface area contributed by atoms with Crippen molar-refractivity contribution >= 4 is 17.7 Å². The van der Waals surface area contributed by atoms with Gasteiger partial charge in [0.15, 0.2) is 0 Å². The summed E-state index contributed by atoms with van der Waals surface area (Å²) >= 11 is 1.88. The molecule has 0 fully saturated rings. The van der Waals surface area contributed by atoms with Gasteiger partial charge in [-0.2, -0.15) is 0 Å². The molecule has 0 aliphatic heterocycles. The average Bonchev–Trinajstić information content (AvgIpc) is 1.69. The molecule has 0 aliphatic carbocycles. The Kier molecular flexibility index (Phi) is 15.2. The van der Waals surface area contributed by atoms with Gasteiger partial charge in [0.25, 0.3) is 0 Å². The summed E-state index contributed by atoms with van der Waals surface area (Å²) in [7, 11) is 0. The normalized spacial score (nSPS) is 6.38. The average molecular weight is 152 g/mol. The van der Waals surface area contributed by atoms with Crippen LogP contribution in [0.2, 0.25) is 0 Å². The van der Waals surface area contributed by atoms with Gasteiger partial charge >= 0.3 is 54.4 Å². The van der Waals surface area contributed by atoms with E-state index < -0.39 is 0 Å². The predicted octanol–water partition coefficient (Wildman–Crippen LogP) is 1.30. The monoisotopic (exact) mass is 151 g/mol. The van der Waals surface area contributed by atoms with Gasteiger partial charge in [0, 0.05) is 17.1 Å². The van der Waals surface area contributed by atoms with Crippen molar-refractivity contribution < 1.29 is 17.1 Å². The maximum atomic E-state index is 3.00. The number of rotatable bonds is 2. The minimum absolute atomic E-state index is 0. The van der Waals surface area contributed by atoms with Gasteiger partial charge < -0.3 is 0 Å². The molecule has 0 rings (SSSR count). The van der Waals surface area contributed by atoms with E-state index in [0.29, 0.717) is 0 Å². The van der Waals surface area contributed by atoms with Crippen molar-refractivity contribution in [2.24, 2.45) is 0 Å². The van der Waals surface area contributed by atoms with Crippen molar-refractivity contribution in [1.82, 2.24) is 0 Å². The number of hydrogen-bond acceptors (Lipinski definition) is 0. The van der Waals surface area contributed by atoms with Crippen LogP contribution in [0.4, 0.5) is 0 Å². The maximum absolute atomic E-state index is 3.00. The molecule has 1 radical (unpaired) electrons. The minimum atomic E-state index is 0. The van der Waals surface area contributed by atoms with Crippen LogP contribution in [-0.4, -0.2) is 17.7 Å². The zero-order chi connectivity index (χ0) is 5.54. The van der Waals surface area contributed by atoms with Crippen LogP contribution in [0.5, 0.6) is 0 Å². The van der Waals surface area contributed by atoms with E-state index in [-0.39, 0.29) is 17.1 Å². The SMILES string of the molecule is [Cu].[Li][C]#CCCCC. The molecule has 2 heteroatoms. The number of unbranched alkanes of at least 4 members (excludes halogenated alkanes) is 2. The van der Waals surface area contributed by atoms with Crippen LogP contribution in [0.3, 0.4) is 0 Å². The van der Waals surface area contributed by atoms with E-state index in [4.69, 9.17) is 0 Å². The number of hydrogen-bond donors (Lipinski definition) is 0. The third kappa shape index (κ3) is 9.84. The summed E-state index contributed by atoms with van der Waals surface area (Å²) in [4.78, 5) is 0. The molecule has 0 unspecified atom stereocenters. The van der Waals surface area contributed by atoms with Crippen molar-refractivity contribution in [2.75, 3.05) is 0 Å². The summed E-state index contributed by atoms with van der Waals surface area (Å²) in [5.74, 6) is 3.00. The van der Waals surface area contributed by atoms with Crippen LogP contribution in [0.15, 0.2) is 0 Å². The molecule has 0 atom stereocenters. The zero-order valence-electron chi connectivity index (χ0n) is 5.42. The second kappa shape index (κ2) is 10.6. The fourth-order valence-corrected chi connectivity index (χ4v) is 0.390. The molecule has 0 aromatic rings. The molecule has 0 aliphatic rings. The Morgan fingerprint density at radius 1 is 1.50 bits per heavy atom. The first-order valence-corrected chi connectivity index (χ1v) is 2.81. The first-order chi connectivity index (χ1) is 3.41. The van der Waals surface area contributed by atoms with Crippen LogP contribution in [0.1, 0.15) is 26.2 Å². The van der Waals surface area contributed by atoms with Crippen molar-refractivity contribution in [3.63, 3.8) is 0 Å². The molecule has 0 amide bonds. The van der Waals surface area contributed by atoms with E-state index in [9.17, 15) is 0 Å². The van der Waals surface area contributed by atoms with E-state index in [1.807, 2.05) is 17.7 Å². The van der Waals surface area contributed by atoms with Crippen LogP contribution >= 0.6 is 0 Å². The molecule has 0 nitrogen and oxygen atoms in total. The van der Waals surface area contributed by atoms with Crippen LogP contribution < -0.4 is 0 Å². The topological polar surface area (TPSA) is 0 Å². The summed E-state index contributed by atoms with van der Waals surface area (Å²) in [5, 5.41) is 0. The fraction of sp³-hybridized carbons (Fsp3) is 0.667. The quantitative estimate of drug-likeness (QED) is 0.317. The van der Waals surface area contributed by atoms with Crippen molar-refractivity contribution in [1.29, 1.82) is 0 Å². The van der Waals surface area contributed by atoms with Crippen LogP contribution in [0.25, 0.3) is 0 Å². The van der Waals surface area contributed by atoms with Crippen molar-refractivity contribution in [2.45, 2.75) is 26.2 Å². The Balaban J connectivity index is 0. The Labute approximate surface area is 71.5 Å². The van der Waals surface area contributed by atoms with Gasteiger partial charge in [0.05, 0.1) is 0 Å². The van der Waals surface area contributed by atoms with Gasteiger partial charge in [0.1, 0.15) is 0 Å². The molecule has 8 heavy (non-hydrogen) atoms. The summed E-state index contributed by atoms with van der Waals surface area (Å²) < 4.78 is 2.85. The van der Waals surface area contributed by atoms with Gasteiger partial charge in [-0.3, -0.25) is 0 Å².